The van der Waals surface area contributed by atoms with E-state index < -0.39 is 6.10 Å². The summed E-state index contributed by atoms with van der Waals surface area (Å²) in [7, 11) is 5.07. The third kappa shape index (κ3) is 2.77. The highest BCUT2D eigenvalue weighted by Crippen LogP contribution is 2.15. The smallest absolute Gasteiger partial charge is 0.249 e. The summed E-state index contributed by atoms with van der Waals surface area (Å²) in [6.45, 7) is 0.969. The molecule has 1 aliphatic heterocycles. The summed E-state index contributed by atoms with van der Waals surface area (Å²) < 4.78 is 5.05. The molecule has 86 valence electrons. The van der Waals surface area contributed by atoms with Gasteiger partial charge in [0.15, 0.2) is 0 Å². The van der Waals surface area contributed by atoms with Crippen molar-refractivity contribution in [2.75, 3.05) is 34.4 Å². The Morgan fingerprint density at radius 1 is 1.80 bits per heavy atom. The number of methoxy groups -OCH3 is 1. The van der Waals surface area contributed by atoms with Gasteiger partial charge in [0.25, 0.3) is 0 Å². The van der Waals surface area contributed by atoms with Crippen LogP contribution >= 0.6 is 0 Å². The number of nitrogens with zero attached hydrogens (tertiary/aromatic N) is 1. The van der Waals surface area contributed by atoms with Gasteiger partial charge in [0, 0.05) is 26.3 Å². The Balaban J connectivity index is 2.83. The van der Waals surface area contributed by atoms with Crippen molar-refractivity contribution in [2.45, 2.75) is 12.1 Å². The fraction of sp³-hybridized carbons (Fsp3) is 0.700. The summed E-state index contributed by atoms with van der Waals surface area (Å²) in [4.78, 5) is 13.4. The lowest BCUT2D eigenvalue weighted by Crippen LogP contribution is -2.46. The lowest BCUT2D eigenvalue weighted by atomic mass is 10.00. The molecule has 0 saturated carbocycles. The molecule has 0 saturated heterocycles. The molecule has 1 heterocycles. The molecule has 0 spiro atoms. The third-order valence-electron chi connectivity index (χ3n) is 2.58. The molecule has 0 aromatic rings. The van der Waals surface area contributed by atoms with Gasteiger partial charge in [0.1, 0.15) is 0 Å². The number of amides is 1. The van der Waals surface area contributed by atoms with Gasteiger partial charge in [-0.3, -0.25) is 9.69 Å². The third-order valence-corrected chi connectivity index (χ3v) is 2.58. The molecule has 0 aliphatic carbocycles. The molecule has 1 amide bonds. The number of aliphatic hydroxyl groups is 1. The molecule has 1 aliphatic rings. The minimum Gasteiger partial charge on any atom is -0.387 e. The van der Waals surface area contributed by atoms with E-state index in [1.165, 1.54) is 0 Å². The van der Waals surface area contributed by atoms with Gasteiger partial charge in [-0.2, -0.15) is 0 Å². The van der Waals surface area contributed by atoms with Crippen molar-refractivity contribution in [1.82, 2.24) is 10.2 Å². The van der Waals surface area contributed by atoms with E-state index in [1.54, 1.807) is 20.2 Å². The number of carbonyl (C=O) groups is 1. The maximum atomic E-state index is 11.4. The zero-order valence-electron chi connectivity index (χ0n) is 9.36. The zero-order valence-corrected chi connectivity index (χ0v) is 9.36. The molecular formula is C10H18N2O3. The second-order valence-corrected chi connectivity index (χ2v) is 3.68. The molecule has 0 bridgehead atoms. The topological polar surface area (TPSA) is 61.8 Å². The van der Waals surface area contributed by atoms with Crippen LogP contribution in [0.1, 0.15) is 0 Å². The van der Waals surface area contributed by atoms with Crippen molar-refractivity contribution >= 4 is 5.91 Å². The molecule has 5 nitrogen and oxygen atoms in total. The first kappa shape index (κ1) is 12.2. The Bertz CT molecular complexity index is 265. The predicted octanol–water partition coefficient (Wildman–Crippen LogP) is -1.02. The van der Waals surface area contributed by atoms with E-state index in [-0.39, 0.29) is 11.9 Å². The van der Waals surface area contributed by atoms with Gasteiger partial charge in [0.05, 0.1) is 18.8 Å². The molecule has 0 unspecified atom stereocenters. The number of hydrogen-bond donors (Lipinski definition) is 2. The molecule has 0 radical (unpaired) electrons. The summed E-state index contributed by atoms with van der Waals surface area (Å²) in [6, 6.07) is 0.0469. The number of rotatable bonds is 3. The Labute approximate surface area is 89.7 Å². The van der Waals surface area contributed by atoms with E-state index in [0.717, 1.165) is 0 Å². The summed E-state index contributed by atoms with van der Waals surface area (Å²) in [5.41, 5.74) is 0.428. The SMILES string of the molecule is CNC(=O)C1=C[C@@H](COC)N(C)C[C@H]1O. The van der Waals surface area contributed by atoms with E-state index in [9.17, 15) is 9.90 Å². The van der Waals surface area contributed by atoms with Crippen molar-refractivity contribution in [1.29, 1.82) is 0 Å². The monoisotopic (exact) mass is 214 g/mol. The van der Waals surface area contributed by atoms with Gasteiger partial charge in [-0.1, -0.05) is 6.08 Å². The van der Waals surface area contributed by atoms with E-state index in [0.29, 0.717) is 18.7 Å². The minimum absolute atomic E-state index is 0.0469. The lowest BCUT2D eigenvalue weighted by molar-refractivity contribution is -0.118. The van der Waals surface area contributed by atoms with Crippen molar-refractivity contribution < 1.29 is 14.6 Å². The van der Waals surface area contributed by atoms with Crippen LogP contribution in [0, 0.1) is 0 Å². The highest BCUT2D eigenvalue weighted by Gasteiger charge is 2.28. The number of β-amino-alcohol motifs (C(OH)–C–C–N with tert-alkyl or cyclic N) is 1. The lowest BCUT2D eigenvalue weighted by Gasteiger charge is -2.33. The van der Waals surface area contributed by atoms with Crippen LogP contribution in [0.3, 0.4) is 0 Å². The van der Waals surface area contributed by atoms with Crippen LogP contribution in [0.4, 0.5) is 0 Å². The largest absolute Gasteiger partial charge is 0.387 e. The average Bonchev–Trinajstić information content (AvgIpc) is 2.21. The molecule has 15 heavy (non-hydrogen) atoms. The Morgan fingerprint density at radius 2 is 2.47 bits per heavy atom. The van der Waals surface area contributed by atoms with Crippen LogP contribution in [-0.4, -0.2) is 62.4 Å². The first-order valence-corrected chi connectivity index (χ1v) is 4.91. The molecular weight excluding hydrogens is 196 g/mol. The van der Waals surface area contributed by atoms with Gasteiger partial charge in [-0.05, 0) is 7.05 Å². The first-order chi connectivity index (χ1) is 7.10. The van der Waals surface area contributed by atoms with Crippen LogP contribution < -0.4 is 5.32 Å². The summed E-state index contributed by atoms with van der Waals surface area (Å²) >= 11 is 0. The number of aliphatic hydroxyl groups excluding tert-OH is 1. The highest BCUT2D eigenvalue weighted by atomic mass is 16.5. The molecule has 1 rings (SSSR count). The maximum absolute atomic E-state index is 11.4. The van der Waals surface area contributed by atoms with Crippen molar-refractivity contribution in [3.05, 3.63) is 11.6 Å². The quantitative estimate of drug-likeness (QED) is 0.631. The van der Waals surface area contributed by atoms with Crippen molar-refractivity contribution in [2.24, 2.45) is 0 Å². The number of likely N-dealkylation sites (N-methyl/N-ethyl adjacent to an activating group) is 2. The van der Waals surface area contributed by atoms with Crippen LogP contribution in [0.15, 0.2) is 11.6 Å². The van der Waals surface area contributed by atoms with E-state index >= 15 is 0 Å². The molecule has 2 atom stereocenters. The Kier molecular flexibility index (Phi) is 4.26. The molecule has 0 fully saturated rings. The second-order valence-electron chi connectivity index (χ2n) is 3.68. The van der Waals surface area contributed by atoms with E-state index in [2.05, 4.69) is 5.32 Å². The maximum Gasteiger partial charge on any atom is 0.249 e. The number of hydrogen-bond acceptors (Lipinski definition) is 4. The van der Waals surface area contributed by atoms with Gasteiger partial charge < -0.3 is 15.2 Å². The second kappa shape index (κ2) is 5.25. The van der Waals surface area contributed by atoms with E-state index in [4.69, 9.17) is 4.74 Å². The van der Waals surface area contributed by atoms with Crippen LogP contribution in [0.25, 0.3) is 0 Å². The van der Waals surface area contributed by atoms with Crippen LogP contribution in [0.5, 0.6) is 0 Å². The molecule has 0 aromatic carbocycles. The van der Waals surface area contributed by atoms with Gasteiger partial charge in [-0.25, -0.2) is 0 Å². The Morgan fingerprint density at radius 3 is 3.00 bits per heavy atom. The van der Waals surface area contributed by atoms with E-state index in [1.807, 2.05) is 11.9 Å². The zero-order chi connectivity index (χ0) is 11.4. The van der Waals surface area contributed by atoms with Gasteiger partial charge in [-0.15, -0.1) is 0 Å². The highest BCUT2D eigenvalue weighted by molar-refractivity contribution is 5.94. The molecule has 0 aromatic heterocycles. The number of ether oxygens (including phenoxy) is 1. The summed E-state index contributed by atoms with van der Waals surface area (Å²) in [5, 5.41) is 12.2. The van der Waals surface area contributed by atoms with Crippen molar-refractivity contribution in [3.8, 4) is 0 Å². The van der Waals surface area contributed by atoms with Gasteiger partial charge in [0.2, 0.25) is 5.91 Å². The first-order valence-electron chi connectivity index (χ1n) is 4.91. The Hall–Kier alpha value is -0.910. The molecule has 5 heteroatoms. The van der Waals surface area contributed by atoms with Crippen molar-refractivity contribution in [3.63, 3.8) is 0 Å². The summed E-state index contributed by atoms with van der Waals surface area (Å²) in [6.07, 6.45) is 1.04. The average molecular weight is 214 g/mol. The van der Waals surface area contributed by atoms with Crippen LogP contribution in [-0.2, 0) is 9.53 Å². The number of nitrogens with one attached hydrogen (secondary N) is 1. The minimum atomic E-state index is -0.719. The molecule has 2 N–H and O–H groups in total. The van der Waals surface area contributed by atoms with Crippen LogP contribution in [0.2, 0.25) is 0 Å². The summed E-state index contributed by atoms with van der Waals surface area (Å²) in [5.74, 6) is -0.225. The fourth-order valence-electron chi connectivity index (χ4n) is 1.67. The standard InChI is InChI=1S/C10H18N2O3/c1-11-10(14)8-4-7(6-15-3)12(2)5-9(8)13/h4,7,9,13H,5-6H2,1-3H3,(H,11,14)/t7-,9+/m0/s1. The van der Waals surface area contributed by atoms with Gasteiger partial charge >= 0.3 is 0 Å². The fourth-order valence-corrected chi connectivity index (χ4v) is 1.67. The number of carbonyl (C=O) groups excluding carboxylic acids is 1. The normalized spacial score (nSPS) is 27.3. The predicted molar refractivity (Wildman–Crippen MR) is 56.5 cm³/mol.